The average Bonchev–Trinajstić information content (AvgIpc) is 3.39. The summed E-state index contributed by atoms with van der Waals surface area (Å²) in [5.41, 5.74) is 3.39. The van der Waals surface area contributed by atoms with Crippen LogP contribution in [0.1, 0.15) is 46.5 Å². The summed E-state index contributed by atoms with van der Waals surface area (Å²) in [6, 6.07) is 10.2. The third-order valence-corrected chi connectivity index (χ3v) is 5.90. The van der Waals surface area contributed by atoms with Crippen LogP contribution in [0.3, 0.4) is 0 Å². The summed E-state index contributed by atoms with van der Waals surface area (Å²) in [7, 11) is 0. The first kappa shape index (κ1) is 21.8. The number of esters is 1. The van der Waals surface area contributed by atoms with Gasteiger partial charge in [-0.05, 0) is 25.8 Å². The SMILES string of the molecule is CCOC(=O)c1nn(CCc2ccccc2)c2c1CN(C(=O)CCn1ccnc1C)CC2. The van der Waals surface area contributed by atoms with Crippen LogP contribution in [0.2, 0.25) is 0 Å². The Bertz CT molecular complexity index is 1090. The van der Waals surface area contributed by atoms with Crippen LogP contribution in [-0.2, 0) is 42.0 Å². The van der Waals surface area contributed by atoms with Crippen molar-refractivity contribution in [2.24, 2.45) is 0 Å². The van der Waals surface area contributed by atoms with Crippen molar-refractivity contribution in [2.45, 2.75) is 52.7 Å². The van der Waals surface area contributed by atoms with Crippen LogP contribution in [0.25, 0.3) is 0 Å². The summed E-state index contributed by atoms with van der Waals surface area (Å²) in [5.74, 6) is 0.532. The Balaban J connectivity index is 1.50. The van der Waals surface area contributed by atoms with Crippen LogP contribution >= 0.6 is 0 Å². The molecule has 8 nitrogen and oxygen atoms in total. The zero-order chi connectivity index (χ0) is 22.5. The molecule has 0 bridgehead atoms. The van der Waals surface area contributed by atoms with Gasteiger partial charge in [-0.3, -0.25) is 9.48 Å². The van der Waals surface area contributed by atoms with E-state index >= 15 is 0 Å². The number of aromatic nitrogens is 4. The topological polar surface area (TPSA) is 82.3 Å². The van der Waals surface area contributed by atoms with Gasteiger partial charge in [0.2, 0.25) is 5.91 Å². The summed E-state index contributed by atoms with van der Waals surface area (Å²) in [5, 5.41) is 4.61. The Morgan fingerprint density at radius 1 is 1.16 bits per heavy atom. The third-order valence-electron chi connectivity index (χ3n) is 5.90. The van der Waals surface area contributed by atoms with Gasteiger partial charge in [0.1, 0.15) is 5.82 Å². The number of ether oxygens (including phenoxy) is 1. The second-order valence-electron chi connectivity index (χ2n) is 7.94. The van der Waals surface area contributed by atoms with Crippen LogP contribution in [0.5, 0.6) is 0 Å². The summed E-state index contributed by atoms with van der Waals surface area (Å²) in [6.07, 6.45) is 5.51. The zero-order valence-electron chi connectivity index (χ0n) is 18.7. The largest absolute Gasteiger partial charge is 0.461 e. The molecule has 2 aromatic heterocycles. The minimum absolute atomic E-state index is 0.0654. The number of rotatable bonds is 8. The minimum atomic E-state index is -0.425. The summed E-state index contributed by atoms with van der Waals surface area (Å²) in [4.78, 5) is 31.5. The summed E-state index contributed by atoms with van der Waals surface area (Å²) < 4.78 is 9.14. The van der Waals surface area contributed by atoms with Crippen LogP contribution in [0.4, 0.5) is 0 Å². The first-order valence-electron chi connectivity index (χ1n) is 11.1. The molecule has 168 valence electrons. The number of aryl methyl sites for hydroxylation is 4. The molecule has 3 heterocycles. The van der Waals surface area contributed by atoms with Crippen molar-refractivity contribution >= 4 is 11.9 Å². The number of fused-ring (bicyclic) bond motifs is 1. The number of amides is 1. The van der Waals surface area contributed by atoms with E-state index in [0.29, 0.717) is 44.7 Å². The average molecular weight is 436 g/mol. The molecular formula is C24H29N5O3. The maximum absolute atomic E-state index is 12.9. The highest BCUT2D eigenvalue weighted by Gasteiger charge is 2.30. The first-order chi connectivity index (χ1) is 15.6. The molecule has 0 aliphatic carbocycles. The molecule has 4 rings (SSSR count). The molecule has 0 saturated heterocycles. The Kier molecular flexibility index (Phi) is 6.68. The number of hydrogen-bond acceptors (Lipinski definition) is 5. The van der Waals surface area contributed by atoms with Gasteiger partial charge in [0, 0.05) is 62.7 Å². The molecule has 0 spiro atoms. The fraction of sp³-hybridized carbons (Fsp3) is 0.417. The molecule has 0 saturated carbocycles. The normalized spacial score (nSPS) is 13.1. The monoisotopic (exact) mass is 435 g/mol. The van der Waals surface area contributed by atoms with E-state index in [0.717, 1.165) is 23.5 Å². The quantitative estimate of drug-likeness (QED) is 0.508. The highest BCUT2D eigenvalue weighted by Crippen LogP contribution is 2.24. The highest BCUT2D eigenvalue weighted by atomic mass is 16.5. The Labute approximate surface area is 187 Å². The van der Waals surface area contributed by atoms with E-state index in [1.54, 1.807) is 13.1 Å². The van der Waals surface area contributed by atoms with E-state index in [1.165, 1.54) is 5.56 Å². The van der Waals surface area contributed by atoms with Crippen molar-refractivity contribution in [3.63, 3.8) is 0 Å². The van der Waals surface area contributed by atoms with Gasteiger partial charge in [-0.1, -0.05) is 30.3 Å². The van der Waals surface area contributed by atoms with Gasteiger partial charge in [-0.15, -0.1) is 0 Å². The number of carbonyl (C=O) groups excluding carboxylic acids is 2. The van der Waals surface area contributed by atoms with Gasteiger partial charge < -0.3 is 14.2 Å². The number of imidazole rings is 1. The molecule has 1 aliphatic rings. The fourth-order valence-electron chi connectivity index (χ4n) is 4.15. The van der Waals surface area contributed by atoms with Crippen LogP contribution in [0, 0.1) is 6.92 Å². The predicted molar refractivity (Wildman–Crippen MR) is 119 cm³/mol. The van der Waals surface area contributed by atoms with E-state index in [-0.39, 0.29) is 12.5 Å². The Morgan fingerprint density at radius 2 is 1.97 bits per heavy atom. The third kappa shape index (κ3) is 4.74. The van der Waals surface area contributed by atoms with Crippen LogP contribution in [0.15, 0.2) is 42.7 Å². The second-order valence-corrected chi connectivity index (χ2v) is 7.94. The lowest BCUT2D eigenvalue weighted by Gasteiger charge is -2.28. The summed E-state index contributed by atoms with van der Waals surface area (Å²) >= 11 is 0. The summed E-state index contributed by atoms with van der Waals surface area (Å²) in [6.45, 7) is 6.27. The van der Waals surface area contributed by atoms with Crippen molar-refractivity contribution in [3.05, 3.63) is 71.1 Å². The Hall–Kier alpha value is -3.42. The van der Waals surface area contributed by atoms with Gasteiger partial charge in [-0.25, -0.2) is 9.78 Å². The molecule has 0 unspecified atom stereocenters. The molecule has 32 heavy (non-hydrogen) atoms. The number of benzene rings is 1. The minimum Gasteiger partial charge on any atom is -0.461 e. The molecule has 1 aliphatic heterocycles. The molecule has 0 atom stereocenters. The molecule has 8 heteroatoms. The van der Waals surface area contributed by atoms with Crippen molar-refractivity contribution in [3.8, 4) is 0 Å². The number of carbonyl (C=O) groups is 2. The molecule has 0 fully saturated rings. The fourth-order valence-corrected chi connectivity index (χ4v) is 4.15. The van der Waals surface area contributed by atoms with Gasteiger partial charge >= 0.3 is 5.97 Å². The lowest BCUT2D eigenvalue weighted by Crippen LogP contribution is -2.37. The Morgan fingerprint density at radius 3 is 2.69 bits per heavy atom. The van der Waals surface area contributed by atoms with Crippen molar-refractivity contribution in [2.75, 3.05) is 13.2 Å². The zero-order valence-corrected chi connectivity index (χ0v) is 18.7. The lowest BCUT2D eigenvalue weighted by atomic mass is 10.0. The van der Waals surface area contributed by atoms with Crippen molar-refractivity contribution < 1.29 is 14.3 Å². The highest BCUT2D eigenvalue weighted by molar-refractivity contribution is 5.89. The first-order valence-corrected chi connectivity index (χ1v) is 11.1. The van der Waals surface area contributed by atoms with E-state index in [2.05, 4.69) is 22.2 Å². The van der Waals surface area contributed by atoms with Gasteiger partial charge in [0.05, 0.1) is 6.61 Å². The molecular weight excluding hydrogens is 406 g/mol. The number of nitrogens with zero attached hydrogens (tertiary/aromatic N) is 5. The molecule has 3 aromatic rings. The molecule has 0 N–H and O–H groups in total. The maximum Gasteiger partial charge on any atom is 0.359 e. The second kappa shape index (κ2) is 9.80. The van der Waals surface area contributed by atoms with E-state index < -0.39 is 5.97 Å². The predicted octanol–water partition coefficient (Wildman–Crippen LogP) is 2.78. The maximum atomic E-state index is 12.9. The molecule has 1 aromatic carbocycles. The van der Waals surface area contributed by atoms with E-state index in [1.807, 2.05) is 45.5 Å². The van der Waals surface area contributed by atoms with Gasteiger partial charge in [0.15, 0.2) is 5.69 Å². The molecule has 1 amide bonds. The standard InChI is InChI=1S/C24H29N5O3/c1-3-32-24(31)23-20-17-28(22(30)11-14-27-16-12-25-18(27)2)13-10-21(20)29(26-23)15-9-19-7-5-4-6-8-19/h4-8,12,16H,3,9-11,13-15,17H2,1-2H3. The van der Waals surface area contributed by atoms with E-state index in [4.69, 9.17) is 4.74 Å². The number of hydrogen-bond donors (Lipinski definition) is 0. The smallest absolute Gasteiger partial charge is 0.359 e. The molecule has 0 radical (unpaired) electrons. The van der Waals surface area contributed by atoms with Crippen molar-refractivity contribution in [1.82, 2.24) is 24.2 Å². The van der Waals surface area contributed by atoms with Gasteiger partial charge in [-0.2, -0.15) is 5.10 Å². The van der Waals surface area contributed by atoms with Crippen LogP contribution in [-0.4, -0.2) is 49.3 Å². The lowest BCUT2D eigenvalue weighted by molar-refractivity contribution is -0.132. The van der Waals surface area contributed by atoms with E-state index in [9.17, 15) is 9.59 Å². The van der Waals surface area contributed by atoms with Gasteiger partial charge in [0.25, 0.3) is 0 Å². The van der Waals surface area contributed by atoms with Crippen LogP contribution < -0.4 is 0 Å². The van der Waals surface area contributed by atoms with Crippen molar-refractivity contribution in [1.29, 1.82) is 0 Å².